The molecule has 2 fully saturated rings. The average Bonchev–Trinajstić information content (AvgIpc) is 2.46. The van der Waals surface area contributed by atoms with Gasteiger partial charge in [0.15, 0.2) is 0 Å². The second-order valence-electron chi connectivity index (χ2n) is 5.61. The molecule has 0 bridgehead atoms. The van der Waals surface area contributed by atoms with Crippen LogP contribution in [0.25, 0.3) is 0 Å². The summed E-state index contributed by atoms with van der Waals surface area (Å²) in [6, 6.07) is 0. The van der Waals surface area contributed by atoms with Crippen molar-refractivity contribution in [3.05, 3.63) is 0 Å². The topological polar surface area (TPSA) is 9.72 Å². The normalized spacial score (nSPS) is 32.1. The van der Waals surface area contributed by atoms with E-state index in [1.807, 2.05) is 0 Å². The van der Waals surface area contributed by atoms with Gasteiger partial charge in [-0.25, -0.2) is 0 Å². The SMILES string of the molecule is CN1CCN2CCN(C(C)(C)C)CC12. The Kier molecular flexibility index (Phi) is 2.58. The van der Waals surface area contributed by atoms with Crippen LogP contribution in [0.2, 0.25) is 0 Å². The van der Waals surface area contributed by atoms with E-state index in [1.165, 1.54) is 32.7 Å². The van der Waals surface area contributed by atoms with Crippen LogP contribution >= 0.6 is 0 Å². The van der Waals surface area contributed by atoms with Crippen LogP contribution in [0.4, 0.5) is 0 Å². The molecule has 0 aromatic heterocycles. The van der Waals surface area contributed by atoms with E-state index >= 15 is 0 Å². The zero-order valence-corrected chi connectivity index (χ0v) is 9.95. The highest BCUT2D eigenvalue weighted by atomic mass is 15.5. The Morgan fingerprint density at radius 3 is 2.29 bits per heavy atom. The second-order valence-corrected chi connectivity index (χ2v) is 5.61. The van der Waals surface area contributed by atoms with E-state index in [9.17, 15) is 0 Å². The maximum atomic E-state index is 2.61. The molecule has 0 aromatic carbocycles. The number of piperazine rings is 1. The van der Waals surface area contributed by atoms with Crippen molar-refractivity contribution in [2.45, 2.75) is 32.5 Å². The zero-order valence-electron chi connectivity index (χ0n) is 9.95. The van der Waals surface area contributed by atoms with E-state index in [1.54, 1.807) is 0 Å². The van der Waals surface area contributed by atoms with Crippen molar-refractivity contribution in [2.24, 2.45) is 0 Å². The summed E-state index contributed by atoms with van der Waals surface area (Å²) in [5, 5.41) is 0. The number of nitrogens with zero attached hydrogens (tertiary/aromatic N) is 3. The molecule has 0 N–H and O–H groups in total. The molecule has 1 unspecified atom stereocenters. The first-order chi connectivity index (χ1) is 6.48. The smallest absolute Gasteiger partial charge is 0.0752 e. The monoisotopic (exact) mass is 197 g/mol. The maximum absolute atomic E-state index is 2.61. The van der Waals surface area contributed by atoms with Crippen molar-refractivity contribution in [1.29, 1.82) is 0 Å². The number of hydrogen-bond donors (Lipinski definition) is 0. The summed E-state index contributed by atoms with van der Waals surface area (Å²) in [5.41, 5.74) is 0.329. The van der Waals surface area contributed by atoms with Crippen LogP contribution in [0.5, 0.6) is 0 Å². The van der Waals surface area contributed by atoms with Crippen LogP contribution in [0, 0.1) is 0 Å². The molecular weight excluding hydrogens is 174 g/mol. The first kappa shape index (κ1) is 10.4. The third-order valence-electron chi connectivity index (χ3n) is 3.66. The number of likely N-dealkylation sites (N-methyl/N-ethyl adjacent to an activating group) is 1. The molecule has 3 heteroatoms. The highest BCUT2D eigenvalue weighted by molar-refractivity contribution is 4.90. The second kappa shape index (κ2) is 3.47. The molecule has 3 nitrogen and oxygen atoms in total. The van der Waals surface area contributed by atoms with Gasteiger partial charge in [-0.15, -0.1) is 0 Å². The maximum Gasteiger partial charge on any atom is 0.0752 e. The lowest BCUT2D eigenvalue weighted by atomic mass is 10.0. The Balaban J connectivity index is 2.02. The molecule has 14 heavy (non-hydrogen) atoms. The average molecular weight is 197 g/mol. The summed E-state index contributed by atoms with van der Waals surface area (Å²) in [4.78, 5) is 7.70. The third kappa shape index (κ3) is 1.81. The highest BCUT2D eigenvalue weighted by Gasteiger charge is 2.37. The fraction of sp³-hybridized carbons (Fsp3) is 1.00. The van der Waals surface area contributed by atoms with Crippen LogP contribution in [0.15, 0.2) is 0 Å². The van der Waals surface area contributed by atoms with Gasteiger partial charge in [-0.3, -0.25) is 14.7 Å². The number of hydrogen-bond acceptors (Lipinski definition) is 3. The van der Waals surface area contributed by atoms with Crippen molar-refractivity contribution in [2.75, 3.05) is 39.8 Å². The fourth-order valence-corrected chi connectivity index (χ4v) is 2.53. The number of fused-ring (bicyclic) bond motifs is 1. The predicted molar refractivity (Wildman–Crippen MR) is 59.3 cm³/mol. The first-order valence-electron chi connectivity index (χ1n) is 5.68. The molecule has 2 aliphatic heterocycles. The van der Waals surface area contributed by atoms with Gasteiger partial charge in [0.25, 0.3) is 0 Å². The van der Waals surface area contributed by atoms with Crippen LogP contribution in [-0.4, -0.2) is 66.2 Å². The van der Waals surface area contributed by atoms with Crippen LogP contribution < -0.4 is 0 Å². The minimum absolute atomic E-state index is 0.329. The molecule has 0 radical (unpaired) electrons. The van der Waals surface area contributed by atoms with Crippen molar-refractivity contribution in [1.82, 2.24) is 14.7 Å². The summed E-state index contributed by atoms with van der Waals surface area (Å²) in [5.74, 6) is 0. The van der Waals surface area contributed by atoms with Gasteiger partial charge < -0.3 is 0 Å². The zero-order chi connectivity index (χ0) is 10.3. The number of rotatable bonds is 0. The largest absolute Gasteiger partial charge is 0.294 e. The van der Waals surface area contributed by atoms with Crippen molar-refractivity contribution in [3.8, 4) is 0 Å². The van der Waals surface area contributed by atoms with E-state index < -0.39 is 0 Å². The third-order valence-corrected chi connectivity index (χ3v) is 3.66. The van der Waals surface area contributed by atoms with E-state index in [0.29, 0.717) is 11.7 Å². The van der Waals surface area contributed by atoms with Gasteiger partial charge in [0, 0.05) is 38.3 Å². The molecule has 0 spiro atoms. The lowest BCUT2D eigenvalue weighted by molar-refractivity contribution is 0.00515. The van der Waals surface area contributed by atoms with E-state index in [4.69, 9.17) is 0 Å². The van der Waals surface area contributed by atoms with Gasteiger partial charge in [-0.2, -0.15) is 0 Å². The van der Waals surface area contributed by atoms with E-state index in [-0.39, 0.29) is 0 Å². The molecule has 0 aliphatic carbocycles. The summed E-state index contributed by atoms with van der Waals surface area (Å²) < 4.78 is 0. The van der Waals surface area contributed by atoms with Crippen molar-refractivity contribution >= 4 is 0 Å². The Morgan fingerprint density at radius 2 is 1.64 bits per heavy atom. The quantitative estimate of drug-likeness (QED) is 0.565. The molecule has 0 saturated carbocycles. The van der Waals surface area contributed by atoms with Crippen LogP contribution in [0.3, 0.4) is 0 Å². The minimum Gasteiger partial charge on any atom is -0.294 e. The van der Waals surface area contributed by atoms with Crippen LogP contribution in [0.1, 0.15) is 20.8 Å². The fourth-order valence-electron chi connectivity index (χ4n) is 2.53. The lowest BCUT2D eigenvalue weighted by Crippen LogP contribution is -2.58. The molecule has 2 saturated heterocycles. The van der Waals surface area contributed by atoms with Gasteiger partial charge in [0.1, 0.15) is 0 Å². The molecular formula is C11H23N3. The summed E-state index contributed by atoms with van der Waals surface area (Å²) in [7, 11) is 2.25. The summed E-state index contributed by atoms with van der Waals surface area (Å²) in [6.45, 7) is 13.1. The van der Waals surface area contributed by atoms with Crippen LogP contribution in [-0.2, 0) is 0 Å². The van der Waals surface area contributed by atoms with E-state index in [2.05, 4.69) is 42.5 Å². The van der Waals surface area contributed by atoms with E-state index in [0.717, 1.165) is 0 Å². The Hall–Kier alpha value is -0.120. The Bertz CT molecular complexity index is 209. The molecule has 1 atom stereocenters. The summed E-state index contributed by atoms with van der Waals surface area (Å²) >= 11 is 0. The standard InChI is InChI=1S/C11H23N3/c1-11(2,3)14-8-7-13-6-5-12(4)10(13)9-14/h10H,5-9H2,1-4H3. The van der Waals surface area contributed by atoms with Gasteiger partial charge in [-0.05, 0) is 27.8 Å². The Labute approximate surface area is 87.7 Å². The van der Waals surface area contributed by atoms with Gasteiger partial charge >= 0.3 is 0 Å². The molecule has 0 amide bonds. The highest BCUT2D eigenvalue weighted by Crippen LogP contribution is 2.23. The lowest BCUT2D eigenvalue weighted by Gasteiger charge is -2.45. The minimum atomic E-state index is 0.329. The summed E-state index contributed by atoms with van der Waals surface area (Å²) in [6.07, 6.45) is 0.669. The van der Waals surface area contributed by atoms with Gasteiger partial charge in [-0.1, -0.05) is 0 Å². The van der Waals surface area contributed by atoms with Crippen molar-refractivity contribution < 1.29 is 0 Å². The van der Waals surface area contributed by atoms with Crippen molar-refractivity contribution in [3.63, 3.8) is 0 Å². The van der Waals surface area contributed by atoms with Gasteiger partial charge in [0.05, 0.1) is 6.17 Å². The molecule has 82 valence electrons. The molecule has 2 heterocycles. The predicted octanol–water partition coefficient (Wildman–Crippen LogP) is 0.674. The van der Waals surface area contributed by atoms with Gasteiger partial charge in [0.2, 0.25) is 0 Å². The molecule has 0 aromatic rings. The Morgan fingerprint density at radius 1 is 1.00 bits per heavy atom. The molecule has 2 rings (SSSR count). The first-order valence-corrected chi connectivity index (χ1v) is 5.68. The molecule has 2 aliphatic rings.